The van der Waals surface area contributed by atoms with Crippen LogP contribution in [0.3, 0.4) is 0 Å². The summed E-state index contributed by atoms with van der Waals surface area (Å²) in [6, 6.07) is 14.5. The number of halogens is 2. The number of carbonyl (C=O) groups is 1. The van der Waals surface area contributed by atoms with E-state index in [9.17, 15) is 9.90 Å². The number of carboxylic acid groups (broad SMARTS) is 1. The van der Waals surface area contributed by atoms with Crippen molar-refractivity contribution in [1.29, 1.82) is 0 Å². The standard InChI is InChI=1S/C28H26Cl2N4O4/c29-20-3-1-2-17(10-20)16-38-27-22(30)11-18-6-8-33(14-24(18)32-27)15-26-31-23-5-4-19(28(35)36)12-25(23)34(26)13-21-7-9-37-21/h1-5,10-12,21H,6-9,13-16H2,(H,35,36)/t21-/m0/s1. The van der Waals surface area contributed by atoms with Crippen LogP contribution in [0.5, 0.6) is 5.88 Å². The van der Waals surface area contributed by atoms with Gasteiger partial charge in [0.15, 0.2) is 0 Å². The summed E-state index contributed by atoms with van der Waals surface area (Å²) in [5, 5.41) is 10.6. The number of benzene rings is 2. The van der Waals surface area contributed by atoms with Crippen LogP contribution in [0, 0.1) is 0 Å². The van der Waals surface area contributed by atoms with Gasteiger partial charge in [0.1, 0.15) is 17.5 Å². The Bertz CT molecular complexity index is 1520. The van der Waals surface area contributed by atoms with E-state index in [1.165, 1.54) is 0 Å². The summed E-state index contributed by atoms with van der Waals surface area (Å²) >= 11 is 12.6. The highest BCUT2D eigenvalue weighted by atomic mass is 35.5. The van der Waals surface area contributed by atoms with Crippen LogP contribution < -0.4 is 4.74 Å². The zero-order chi connectivity index (χ0) is 26.2. The summed E-state index contributed by atoms with van der Waals surface area (Å²) < 4.78 is 13.7. The monoisotopic (exact) mass is 552 g/mol. The van der Waals surface area contributed by atoms with Gasteiger partial charge in [-0.1, -0.05) is 35.3 Å². The molecule has 8 nitrogen and oxygen atoms in total. The number of rotatable bonds is 8. The number of pyridine rings is 1. The van der Waals surface area contributed by atoms with Crippen molar-refractivity contribution in [3.63, 3.8) is 0 Å². The second-order valence-electron chi connectivity index (χ2n) is 9.69. The van der Waals surface area contributed by atoms with Crippen LogP contribution in [0.25, 0.3) is 11.0 Å². The Kier molecular flexibility index (Phi) is 6.97. The van der Waals surface area contributed by atoms with Gasteiger partial charge >= 0.3 is 5.97 Å². The van der Waals surface area contributed by atoms with Crippen LogP contribution in [0.4, 0.5) is 0 Å². The Morgan fingerprint density at radius 3 is 2.79 bits per heavy atom. The lowest BCUT2D eigenvalue weighted by Gasteiger charge is -2.30. The van der Waals surface area contributed by atoms with E-state index in [0.29, 0.717) is 42.2 Å². The Morgan fingerprint density at radius 1 is 1.16 bits per heavy atom. The first kappa shape index (κ1) is 25.1. The summed E-state index contributed by atoms with van der Waals surface area (Å²) in [4.78, 5) is 23.5. The molecule has 4 aromatic rings. The Labute approximate surface area is 229 Å². The van der Waals surface area contributed by atoms with Crippen LogP contribution in [0.2, 0.25) is 10.0 Å². The molecule has 0 saturated carbocycles. The molecule has 6 rings (SSSR count). The van der Waals surface area contributed by atoms with Crippen molar-refractivity contribution in [2.75, 3.05) is 13.2 Å². The number of aromatic carboxylic acids is 1. The third kappa shape index (κ3) is 5.22. The van der Waals surface area contributed by atoms with E-state index in [1.54, 1.807) is 18.2 Å². The molecule has 1 N–H and O–H groups in total. The SMILES string of the molecule is O=C(O)c1ccc2nc(CN3CCc4cc(Cl)c(OCc5cccc(Cl)c5)nc4C3)n(C[C@@H]3CCO3)c2c1. The maximum atomic E-state index is 11.6. The number of aromatic nitrogens is 3. The van der Waals surface area contributed by atoms with Gasteiger partial charge in [0.25, 0.3) is 0 Å². The molecule has 1 fully saturated rings. The minimum atomic E-state index is -0.952. The summed E-state index contributed by atoms with van der Waals surface area (Å²) in [7, 11) is 0. The largest absolute Gasteiger partial charge is 0.478 e. The summed E-state index contributed by atoms with van der Waals surface area (Å²) in [5.41, 5.74) is 4.83. The molecular weight excluding hydrogens is 527 g/mol. The predicted molar refractivity (Wildman–Crippen MR) is 144 cm³/mol. The van der Waals surface area contributed by atoms with Crippen LogP contribution in [0.1, 0.15) is 39.4 Å². The van der Waals surface area contributed by atoms with E-state index in [0.717, 1.165) is 59.7 Å². The molecule has 1 atom stereocenters. The second kappa shape index (κ2) is 10.5. The molecule has 2 aliphatic heterocycles. The fraction of sp³-hybridized carbons (Fsp3) is 0.321. The number of hydrogen-bond donors (Lipinski definition) is 1. The fourth-order valence-electron chi connectivity index (χ4n) is 4.95. The van der Waals surface area contributed by atoms with Crippen molar-refractivity contribution in [3.8, 4) is 5.88 Å². The van der Waals surface area contributed by atoms with E-state index in [4.69, 9.17) is 42.6 Å². The van der Waals surface area contributed by atoms with E-state index in [-0.39, 0.29) is 11.7 Å². The van der Waals surface area contributed by atoms with Crippen molar-refractivity contribution >= 4 is 40.2 Å². The van der Waals surface area contributed by atoms with Gasteiger partial charge in [-0.3, -0.25) is 4.90 Å². The first-order chi connectivity index (χ1) is 18.4. The minimum absolute atomic E-state index is 0.115. The number of fused-ring (bicyclic) bond motifs is 2. The molecule has 2 aromatic heterocycles. The molecule has 0 bridgehead atoms. The van der Waals surface area contributed by atoms with Gasteiger partial charge in [-0.15, -0.1) is 0 Å². The number of hydrogen-bond acceptors (Lipinski definition) is 6. The lowest BCUT2D eigenvalue weighted by molar-refractivity contribution is -0.0592. The normalized spacial score (nSPS) is 17.3. The van der Waals surface area contributed by atoms with E-state index < -0.39 is 5.97 Å². The molecule has 1 saturated heterocycles. The molecule has 10 heteroatoms. The van der Waals surface area contributed by atoms with Crippen LogP contribution in [-0.2, 0) is 37.4 Å². The minimum Gasteiger partial charge on any atom is -0.478 e. The molecule has 0 radical (unpaired) electrons. The van der Waals surface area contributed by atoms with Crippen LogP contribution in [-0.4, -0.2) is 49.8 Å². The molecular formula is C28H26Cl2N4O4. The Hall–Kier alpha value is -3.17. The highest BCUT2D eigenvalue weighted by molar-refractivity contribution is 6.32. The first-order valence-electron chi connectivity index (χ1n) is 12.5. The molecule has 2 aromatic carbocycles. The number of ether oxygens (including phenoxy) is 2. The molecule has 0 unspecified atom stereocenters. The first-order valence-corrected chi connectivity index (χ1v) is 13.3. The van der Waals surface area contributed by atoms with Crippen molar-refractivity contribution in [1.82, 2.24) is 19.4 Å². The Morgan fingerprint density at radius 2 is 2.03 bits per heavy atom. The van der Waals surface area contributed by atoms with E-state index in [1.807, 2.05) is 30.3 Å². The second-order valence-corrected chi connectivity index (χ2v) is 10.5. The third-order valence-electron chi connectivity index (χ3n) is 7.07. The lowest BCUT2D eigenvalue weighted by atomic mass is 10.1. The molecule has 0 spiro atoms. The Balaban J connectivity index is 1.23. The van der Waals surface area contributed by atoms with Gasteiger partial charge in [0, 0.05) is 24.7 Å². The van der Waals surface area contributed by atoms with Gasteiger partial charge < -0.3 is 19.1 Å². The maximum Gasteiger partial charge on any atom is 0.335 e. The van der Waals surface area contributed by atoms with Crippen LogP contribution >= 0.6 is 23.2 Å². The number of nitrogens with zero attached hydrogens (tertiary/aromatic N) is 4. The predicted octanol–water partition coefficient (Wildman–Crippen LogP) is 5.36. The molecule has 0 aliphatic carbocycles. The third-order valence-corrected chi connectivity index (χ3v) is 7.57. The average Bonchev–Trinajstić information content (AvgIpc) is 3.21. The number of carboxylic acids is 1. The van der Waals surface area contributed by atoms with Gasteiger partial charge in [0.2, 0.25) is 5.88 Å². The van der Waals surface area contributed by atoms with Crippen molar-refractivity contribution in [2.24, 2.45) is 0 Å². The fourth-order valence-corrected chi connectivity index (χ4v) is 5.39. The summed E-state index contributed by atoms with van der Waals surface area (Å²) in [5.74, 6) is 0.336. The van der Waals surface area contributed by atoms with Crippen molar-refractivity contribution in [2.45, 2.75) is 45.2 Å². The zero-order valence-corrected chi connectivity index (χ0v) is 22.1. The molecule has 196 valence electrons. The summed E-state index contributed by atoms with van der Waals surface area (Å²) in [6.07, 6.45) is 1.91. The molecule has 2 aliphatic rings. The van der Waals surface area contributed by atoms with E-state index >= 15 is 0 Å². The maximum absolute atomic E-state index is 11.6. The van der Waals surface area contributed by atoms with Gasteiger partial charge in [-0.25, -0.2) is 14.8 Å². The van der Waals surface area contributed by atoms with Gasteiger partial charge in [0.05, 0.1) is 41.5 Å². The number of imidazole rings is 1. The smallest absolute Gasteiger partial charge is 0.335 e. The van der Waals surface area contributed by atoms with E-state index in [2.05, 4.69) is 9.47 Å². The van der Waals surface area contributed by atoms with Gasteiger partial charge in [-0.05, 0) is 60.4 Å². The highest BCUT2D eigenvalue weighted by Gasteiger charge is 2.25. The lowest BCUT2D eigenvalue weighted by Crippen LogP contribution is -2.34. The zero-order valence-electron chi connectivity index (χ0n) is 20.6. The van der Waals surface area contributed by atoms with Crippen molar-refractivity contribution in [3.05, 3.63) is 86.8 Å². The quantitative estimate of drug-likeness (QED) is 0.314. The van der Waals surface area contributed by atoms with Gasteiger partial charge in [-0.2, -0.15) is 0 Å². The molecule has 0 amide bonds. The molecule has 4 heterocycles. The highest BCUT2D eigenvalue weighted by Crippen LogP contribution is 2.30. The molecule has 38 heavy (non-hydrogen) atoms. The summed E-state index contributed by atoms with van der Waals surface area (Å²) in [6.45, 7) is 3.79. The van der Waals surface area contributed by atoms with Crippen LogP contribution in [0.15, 0.2) is 48.5 Å². The van der Waals surface area contributed by atoms with Crippen molar-refractivity contribution < 1.29 is 19.4 Å². The topological polar surface area (TPSA) is 89.7 Å². The average molecular weight is 553 g/mol.